The number of aromatic amines is 1. The molecule has 4 rings (SSSR count). The van der Waals surface area contributed by atoms with Gasteiger partial charge in [0.25, 0.3) is 0 Å². The molecule has 4 aromatic rings. The lowest BCUT2D eigenvalue weighted by atomic mass is 10.1. The molecule has 4 N–H and O–H groups in total. The molecule has 0 bridgehead atoms. The number of H-pyrrole nitrogens is 1. The van der Waals surface area contributed by atoms with Crippen molar-refractivity contribution in [1.29, 1.82) is 0 Å². The van der Waals surface area contributed by atoms with E-state index in [4.69, 9.17) is 5.73 Å². The molecule has 132 valence electrons. The van der Waals surface area contributed by atoms with Gasteiger partial charge in [-0.1, -0.05) is 53.7 Å². The fourth-order valence-electron chi connectivity index (χ4n) is 3.12. The number of hydrogen-bond donors (Lipinski definition) is 3. The molecule has 0 aliphatic heterocycles. The van der Waals surface area contributed by atoms with Gasteiger partial charge in [0.05, 0.1) is 12.7 Å². The second-order valence-corrected chi connectivity index (χ2v) is 6.49. The van der Waals surface area contributed by atoms with Crippen LogP contribution in [0.4, 0.5) is 5.82 Å². The quantitative estimate of drug-likeness (QED) is 0.480. The molecule has 0 radical (unpaired) electrons. The van der Waals surface area contributed by atoms with Crippen molar-refractivity contribution in [2.45, 2.75) is 19.0 Å². The smallest absolute Gasteiger partial charge is 0.168 e. The van der Waals surface area contributed by atoms with Crippen LogP contribution in [0.25, 0.3) is 10.9 Å². The summed E-state index contributed by atoms with van der Waals surface area (Å²) in [6, 6.07) is 18.5. The fourth-order valence-corrected chi connectivity index (χ4v) is 3.12. The SMILES string of the molecule is N[C@H](CNc1cn(Cc2ccccc2)nn1)Cc1c[nH]c2ccccc12. The Labute approximate surface area is 152 Å². The van der Waals surface area contributed by atoms with Gasteiger partial charge in [0.15, 0.2) is 5.82 Å². The molecule has 0 spiro atoms. The van der Waals surface area contributed by atoms with Crippen molar-refractivity contribution in [2.24, 2.45) is 5.73 Å². The number of rotatable bonds is 7. The topological polar surface area (TPSA) is 84.5 Å². The normalized spacial score (nSPS) is 12.3. The van der Waals surface area contributed by atoms with Crippen molar-refractivity contribution in [3.8, 4) is 0 Å². The second kappa shape index (κ2) is 7.41. The predicted molar refractivity (Wildman–Crippen MR) is 104 cm³/mol. The highest BCUT2D eigenvalue weighted by molar-refractivity contribution is 5.83. The highest BCUT2D eigenvalue weighted by atomic mass is 15.4. The van der Waals surface area contributed by atoms with Crippen LogP contribution in [0.5, 0.6) is 0 Å². The lowest BCUT2D eigenvalue weighted by Crippen LogP contribution is -2.31. The van der Waals surface area contributed by atoms with Crippen molar-refractivity contribution in [1.82, 2.24) is 20.0 Å². The van der Waals surface area contributed by atoms with E-state index in [1.54, 1.807) is 0 Å². The van der Waals surface area contributed by atoms with Gasteiger partial charge in [-0.2, -0.15) is 0 Å². The zero-order chi connectivity index (χ0) is 17.8. The largest absolute Gasteiger partial charge is 0.366 e. The summed E-state index contributed by atoms with van der Waals surface area (Å²) >= 11 is 0. The number of hydrogen-bond acceptors (Lipinski definition) is 4. The molecule has 2 aromatic heterocycles. The Morgan fingerprint density at radius 2 is 1.88 bits per heavy atom. The lowest BCUT2D eigenvalue weighted by Gasteiger charge is -2.11. The number of nitrogens with zero attached hydrogens (tertiary/aromatic N) is 3. The summed E-state index contributed by atoms with van der Waals surface area (Å²) in [5.41, 5.74) is 9.88. The number of para-hydroxylation sites is 1. The minimum absolute atomic E-state index is 0.00604. The van der Waals surface area contributed by atoms with E-state index in [0.29, 0.717) is 13.1 Å². The average molecular weight is 346 g/mol. The van der Waals surface area contributed by atoms with Crippen LogP contribution in [0.2, 0.25) is 0 Å². The van der Waals surface area contributed by atoms with Crippen molar-refractivity contribution in [3.05, 3.63) is 78.1 Å². The Balaban J connectivity index is 1.32. The summed E-state index contributed by atoms with van der Waals surface area (Å²) in [6.07, 6.45) is 4.75. The average Bonchev–Trinajstić information content (AvgIpc) is 3.28. The molecule has 1 atom stereocenters. The maximum Gasteiger partial charge on any atom is 0.168 e. The number of nitrogens with two attached hydrogens (primary N) is 1. The third kappa shape index (κ3) is 3.75. The van der Waals surface area contributed by atoms with Gasteiger partial charge >= 0.3 is 0 Å². The van der Waals surface area contributed by atoms with Crippen LogP contribution >= 0.6 is 0 Å². The zero-order valence-corrected chi connectivity index (χ0v) is 14.5. The minimum atomic E-state index is -0.00604. The molecular weight excluding hydrogens is 324 g/mol. The molecule has 2 aromatic carbocycles. The van der Waals surface area contributed by atoms with Crippen LogP contribution in [0.15, 0.2) is 67.0 Å². The summed E-state index contributed by atoms with van der Waals surface area (Å²) in [5.74, 6) is 0.746. The Bertz CT molecular complexity index is 972. The Morgan fingerprint density at radius 1 is 1.08 bits per heavy atom. The molecule has 0 saturated carbocycles. The third-order valence-electron chi connectivity index (χ3n) is 4.43. The first-order chi connectivity index (χ1) is 12.8. The van der Waals surface area contributed by atoms with Gasteiger partial charge in [-0.05, 0) is 23.6 Å². The van der Waals surface area contributed by atoms with Gasteiger partial charge in [0, 0.05) is 29.7 Å². The molecular formula is C20H22N6. The summed E-state index contributed by atoms with van der Waals surface area (Å²) in [7, 11) is 0. The molecule has 2 heterocycles. The zero-order valence-electron chi connectivity index (χ0n) is 14.5. The first-order valence-electron chi connectivity index (χ1n) is 8.76. The van der Waals surface area contributed by atoms with Crippen LogP contribution in [0.3, 0.4) is 0 Å². The van der Waals surface area contributed by atoms with Gasteiger partial charge in [-0.25, -0.2) is 4.68 Å². The Kier molecular flexibility index (Phi) is 4.66. The predicted octanol–water partition coefficient (Wildman–Crippen LogP) is 2.79. The number of fused-ring (bicyclic) bond motifs is 1. The van der Waals surface area contributed by atoms with E-state index in [1.165, 1.54) is 16.5 Å². The maximum absolute atomic E-state index is 6.30. The van der Waals surface area contributed by atoms with Crippen molar-refractivity contribution in [2.75, 3.05) is 11.9 Å². The fraction of sp³-hybridized carbons (Fsp3) is 0.200. The highest BCUT2D eigenvalue weighted by Crippen LogP contribution is 2.18. The monoisotopic (exact) mass is 346 g/mol. The standard InChI is InChI=1S/C20H22N6/c21-17(10-16-11-22-19-9-5-4-8-18(16)19)12-23-20-14-26(25-24-20)13-15-6-2-1-3-7-15/h1-9,11,14,17,22-23H,10,12-13,21H2/t17-/m0/s1. The van der Waals surface area contributed by atoms with Gasteiger partial charge in [-0.3, -0.25) is 0 Å². The molecule has 6 heteroatoms. The van der Waals surface area contributed by atoms with Gasteiger partial charge in [0.1, 0.15) is 0 Å². The van der Waals surface area contributed by atoms with E-state index in [1.807, 2.05) is 41.3 Å². The second-order valence-electron chi connectivity index (χ2n) is 6.49. The van der Waals surface area contributed by atoms with E-state index < -0.39 is 0 Å². The first-order valence-corrected chi connectivity index (χ1v) is 8.76. The summed E-state index contributed by atoms with van der Waals surface area (Å²) < 4.78 is 1.82. The van der Waals surface area contributed by atoms with Crippen LogP contribution in [-0.4, -0.2) is 32.6 Å². The molecule has 0 unspecified atom stereocenters. The van der Waals surface area contributed by atoms with Crippen molar-refractivity contribution >= 4 is 16.7 Å². The van der Waals surface area contributed by atoms with E-state index in [-0.39, 0.29) is 6.04 Å². The Morgan fingerprint density at radius 3 is 2.77 bits per heavy atom. The third-order valence-corrected chi connectivity index (χ3v) is 4.43. The molecule has 0 saturated heterocycles. The summed E-state index contributed by atoms with van der Waals surface area (Å²) in [6.45, 7) is 1.35. The number of benzene rings is 2. The molecule has 0 aliphatic carbocycles. The maximum atomic E-state index is 6.30. The van der Waals surface area contributed by atoms with Crippen molar-refractivity contribution in [3.63, 3.8) is 0 Å². The molecule has 0 aliphatic rings. The summed E-state index contributed by atoms with van der Waals surface area (Å²) in [5, 5.41) is 12.9. The van der Waals surface area contributed by atoms with E-state index in [2.05, 4.69) is 50.9 Å². The number of nitrogens with one attached hydrogen (secondary N) is 2. The van der Waals surface area contributed by atoms with Crippen LogP contribution in [-0.2, 0) is 13.0 Å². The Hall–Kier alpha value is -3.12. The number of aromatic nitrogens is 4. The highest BCUT2D eigenvalue weighted by Gasteiger charge is 2.09. The number of anilines is 1. The van der Waals surface area contributed by atoms with Crippen LogP contribution < -0.4 is 11.1 Å². The van der Waals surface area contributed by atoms with Crippen LogP contribution in [0, 0.1) is 0 Å². The molecule has 0 fully saturated rings. The van der Waals surface area contributed by atoms with E-state index >= 15 is 0 Å². The van der Waals surface area contributed by atoms with E-state index in [0.717, 1.165) is 17.8 Å². The van der Waals surface area contributed by atoms with Gasteiger partial charge in [-0.15, -0.1) is 5.10 Å². The van der Waals surface area contributed by atoms with Gasteiger partial charge < -0.3 is 16.0 Å². The molecule has 6 nitrogen and oxygen atoms in total. The van der Waals surface area contributed by atoms with Crippen molar-refractivity contribution < 1.29 is 0 Å². The minimum Gasteiger partial charge on any atom is -0.366 e. The van der Waals surface area contributed by atoms with Crippen LogP contribution in [0.1, 0.15) is 11.1 Å². The molecule has 0 amide bonds. The molecule has 26 heavy (non-hydrogen) atoms. The summed E-state index contributed by atoms with van der Waals surface area (Å²) in [4.78, 5) is 3.29. The first kappa shape index (κ1) is 16.4. The van der Waals surface area contributed by atoms with E-state index in [9.17, 15) is 0 Å². The van der Waals surface area contributed by atoms with Gasteiger partial charge in [0.2, 0.25) is 0 Å². The lowest BCUT2D eigenvalue weighted by molar-refractivity contribution is 0.649.